The molecule has 1 saturated heterocycles. The van der Waals surface area contributed by atoms with E-state index in [0.29, 0.717) is 29.9 Å². The number of para-hydroxylation sites is 2. The van der Waals surface area contributed by atoms with E-state index in [1.54, 1.807) is 13.2 Å². The van der Waals surface area contributed by atoms with Crippen molar-refractivity contribution in [2.45, 2.75) is 25.0 Å². The zero-order valence-corrected chi connectivity index (χ0v) is 15.6. The van der Waals surface area contributed by atoms with Crippen LogP contribution in [-0.2, 0) is 6.54 Å². The molecule has 0 saturated carbocycles. The maximum absolute atomic E-state index is 12.1. The van der Waals surface area contributed by atoms with Gasteiger partial charge in [0.05, 0.1) is 7.11 Å². The molecule has 0 spiro atoms. The van der Waals surface area contributed by atoms with Crippen molar-refractivity contribution in [2.24, 2.45) is 5.92 Å². The zero-order valence-electron chi connectivity index (χ0n) is 15.6. The summed E-state index contributed by atoms with van der Waals surface area (Å²) in [6.07, 6.45) is 0.542. The first-order valence-corrected chi connectivity index (χ1v) is 9.50. The van der Waals surface area contributed by atoms with E-state index in [9.17, 15) is 9.90 Å². The van der Waals surface area contributed by atoms with Crippen LogP contribution in [-0.4, -0.2) is 54.0 Å². The van der Waals surface area contributed by atoms with Crippen LogP contribution in [0.2, 0.25) is 0 Å². The van der Waals surface area contributed by atoms with Gasteiger partial charge in [-0.2, -0.15) is 0 Å². The molecule has 3 atom stereocenters. The van der Waals surface area contributed by atoms with Crippen molar-refractivity contribution in [3.63, 3.8) is 0 Å². The summed E-state index contributed by atoms with van der Waals surface area (Å²) in [5.74, 6) is 2.12. The van der Waals surface area contributed by atoms with Crippen LogP contribution in [0.1, 0.15) is 18.0 Å². The van der Waals surface area contributed by atoms with Gasteiger partial charge in [-0.25, -0.2) is 0 Å². The summed E-state index contributed by atoms with van der Waals surface area (Å²) in [5.41, 5.74) is 1.23. The van der Waals surface area contributed by atoms with Gasteiger partial charge >= 0.3 is 0 Å². The molecule has 1 fully saturated rings. The average molecular weight is 370 g/mol. The van der Waals surface area contributed by atoms with E-state index in [2.05, 4.69) is 11.0 Å². The Morgan fingerprint density at radius 2 is 1.93 bits per heavy atom. The number of likely N-dealkylation sites (tertiary alicyclic amines) is 1. The molecule has 0 amide bonds. The van der Waals surface area contributed by atoms with Crippen molar-refractivity contribution in [1.29, 1.82) is 0 Å². The first-order chi connectivity index (χ1) is 13.1. The third-order valence-corrected chi connectivity index (χ3v) is 5.52. The van der Waals surface area contributed by atoms with Crippen LogP contribution in [0.25, 0.3) is 0 Å². The third-order valence-electron chi connectivity index (χ3n) is 5.52. The van der Waals surface area contributed by atoms with Crippen LogP contribution >= 0.6 is 0 Å². The fourth-order valence-corrected chi connectivity index (χ4v) is 4.42. The number of aliphatic hydroxyl groups excluding tert-OH is 1. The van der Waals surface area contributed by atoms with Gasteiger partial charge < -0.3 is 19.1 Å². The lowest BCUT2D eigenvalue weighted by molar-refractivity contribution is 0.0379. The summed E-state index contributed by atoms with van der Waals surface area (Å²) >= 11 is 0. The van der Waals surface area contributed by atoms with E-state index in [4.69, 9.17) is 9.47 Å². The first-order valence-electron chi connectivity index (χ1n) is 9.50. The Balaban J connectivity index is 1.36. The van der Waals surface area contributed by atoms with Gasteiger partial charge in [-0.05, 0) is 30.5 Å². The van der Waals surface area contributed by atoms with Crippen molar-refractivity contribution < 1.29 is 14.6 Å². The Bertz CT molecular complexity index is 850. The minimum atomic E-state index is -0.577. The molecule has 6 nitrogen and oxygen atoms in total. The Kier molecular flexibility index (Phi) is 5.18. The molecular formula is C21H26N2O4. The van der Waals surface area contributed by atoms with Gasteiger partial charge in [-0.15, -0.1) is 0 Å². The number of piperidine rings is 1. The highest BCUT2D eigenvalue weighted by atomic mass is 16.5. The molecule has 2 aromatic rings. The Hall–Kier alpha value is -2.31. The first kappa shape index (κ1) is 18.1. The standard InChI is InChI=1S/C21H26N2O4/c1-26-19-6-2-3-7-20(19)27-14-17(24)13-22-10-15-9-16(12-22)18-5-4-8-21(25)23(18)11-15/h2-8,15-17,24H,9-14H2,1H3/t15-,16+,17-/m0/s1. The number of hydrogen-bond donors (Lipinski definition) is 1. The van der Waals surface area contributed by atoms with Gasteiger partial charge in [-0.3, -0.25) is 9.69 Å². The van der Waals surface area contributed by atoms with Crippen molar-refractivity contribution >= 4 is 0 Å². The maximum Gasteiger partial charge on any atom is 0.250 e. The Morgan fingerprint density at radius 1 is 1.11 bits per heavy atom. The van der Waals surface area contributed by atoms with E-state index in [0.717, 1.165) is 31.7 Å². The van der Waals surface area contributed by atoms with Gasteiger partial charge in [0.25, 0.3) is 5.56 Å². The molecule has 1 aromatic carbocycles. The smallest absolute Gasteiger partial charge is 0.250 e. The predicted molar refractivity (Wildman–Crippen MR) is 102 cm³/mol. The number of aliphatic hydroxyl groups is 1. The second kappa shape index (κ2) is 7.74. The lowest BCUT2D eigenvalue weighted by Gasteiger charge is -2.43. The zero-order chi connectivity index (χ0) is 18.8. The summed E-state index contributed by atoms with van der Waals surface area (Å²) < 4.78 is 13.0. The number of hydrogen-bond acceptors (Lipinski definition) is 5. The summed E-state index contributed by atoms with van der Waals surface area (Å²) in [6, 6.07) is 13.0. The van der Waals surface area contributed by atoms with Gasteiger partial charge in [0.15, 0.2) is 11.5 Å². The largest absolute Gasteiger partial charge is 0.493 e. The van der Waals surface area contributed by atoms with Crippen LogP contribution in [0.15, 0.2) is 47.3 Å². The second-order valence-corrected chi connectivity index (χ2v) is 7.53. The highest BCUT2D eigenvalue weighted by Gasteiger charge is 2.34. The number of pyridine rings is 1. The van der Waals surface area contributed by atoms with Crippen LogP contribution in [0.4, 0.5) is 0 Å². The predicted octanol–water partition coefficient (Wildman–Crippen LogP) is 1.72. The molecule has 2 aliphatic heterocycles. The number of aromatic nitrogens is 1. The summed E-state index contributed by atoms with van der Waals surface area (Å²) in [6.45, 7) is 3.34. The second-order valence-electron chi connectivity index (χ2n) is 7.53. The Labute approximate surface area is 158 Å². The molecule has 3 heterocycles. The molecule has 0 radical (unpaired) electrons. The molecule has 1 N–H and O–H groups in total. The summed E-state index contributed by atoms with van der Waals surface area (Å²) in [5, 5.41) is 10.5. The number of ether oxygens (including phenoxy) is 2. The van der Waals surface area contributed by atoms with E-state index in [-0.39, 0.29) is 12.2 Å². The van der Waals surface area contributed by atoms with E-state index >= 15 is 0 Å². The highest BCUT2D eigenvalue weighted by molar-refractivity contribution is 5.39. The minimum Gasteiger partial charge on any atom is -0.493 e. The fraction of sp³-hybridized carbons (Fsp3) is 0.476. The lowest BCUT2D eigenvalue weighted by atomic mass is 9.83. The number of nitrogens with zero attached hydrogens (tertiary/aromatic N) is 2. The maximum atomic E-state index is 12.1. The third kappa shape index (κ3) is 3.87. The number of benzene rings is 1. The van der Waals surface area contributed by atoms with Gasteiger partial charge in [0.2, 0.25) is 0 Å². The summed E-state index contributed by atoms with van der Waals surface area (Å²) in [7, 11) is 1.61. The number of β-amino-alcohol motifs (C(OH)–C–C–N with tert-alkyl or cyclic N) is 1. The van der Waals surface area contributed by atoms with Crippen LogP contribution in [0.5, 0.6) is 11.5 Å². The summed E-state index contributed by atoms with van der Waals surface area (Å²) in [4.78, 5) is 14.4. The lowest BCUT2D eigenvalue weighted by Crippen LogP contribution is -2.49. The quantitative estimate of drug-likeness (QED) is 0.839. The van der Waals surface area contributed by atoms with E-state index < -0.39 is 6.10 Å². The highest BCUT2D eigenvalue weighted by Crippen LogP contribution is 2.35. The minimum absolute atomic E-state index is 0.0980. The van der Waals surface area contributed by atoms with Crippen LogP contribution in [0, 0.1) is 5.92 Å². The fourth-order valence-electron chi connectivity index (χ4n) is 4.42. The number of methoxy groups -OCH3 is 1. The average Bonchev–Trinajstić information content (AvgIpc) is 2.67. The van der Waals surface area contributed by atoms with Crippen LogP contribution in [0.3, 0.4) is 0 Å². The normalized spacial score (nSPS) is 22.7. The van der Waals surface area contributed by atoms with E-state index in [1.807, 2.05) is 34.9 Å². The number of fused-ring (bicyclic) bond motifs is 4. The topological polar surface area (TPSA) is 63.9 Å². The molecule has 4 rings (SSSR count). The molecule has 27 heavy (non-hydrogen) atoms. The van der Waals surface area contributed by atoms with Crippen molar-refractivity contribution in [3.8, 4) is 11.5 Å². The molecule has 0 unspecified atom stereocenters. The van der Waals surface area contributed by atoms with Crippen molar-refractivity contribution in [2.75, 3.05) is 33.4 Å². The monoisotopic (exact) mass is 370 g/mol. The molecule has 2 bridgehead atoms. The molecule has 6 heteroatoms. The van der Waals surface area contributed by atoms with Gasteiger partial charge in [0.1, 0.15) is 12.7 Å². The molecule has 144 valence electrons. The SMILES string of the molecule is COc1ccccc1OC[C@@H](O)CN1C[C@@H]2C[C@H](C1)c1cccc(=O)n1C2. The van der Waals surface area contributed by atoms with E-state index in [1.165, 1.54) is 0 Å². The molecule has 0 aliphatic carbocycles. The Morgan fingerprint density at radius 3 is 2.74 bits per heavy atom. The van der Waals surface area contributed by atoms with Gasteiger partial charge in [-0.1, -0.05) is 18.2 Å². The molecule has 1 aromatic heterocycles. The van der Waals surface area contributed by atoms with Gasteiger partial charge in [0, 0.05) is 43.9 Å². The van der Waals surface area contributed by atoms with Crippen LogP contribution < -0.4 is 15.0 Å². The van der Waals surface area contributed by atoms with Crippen molar-refractivity contribution in [3.05, 3.63) is 58.5 Å². The molecular weight excluding hydrogens is 344 g/mol. The van der Waals surface area contributed by atoms with Crippen molar-refractivity contribution in [1.82, 2.24) is 9.47 Å². The molecule has 2 aliphatic rings. The number of rotatable bonds is 6.